The number of aromatic nitrogens is 2. The molecular weight excluding hydrogens is 224 g/mol. The third-order valence-corrected chi connectivity index (χ3v) is 2.27. The zero-order valence-electron chi connectivity index (χ0n) is 7.25. The summed E-state index contributed by atoms with van der Waals surface area (Å²) < 4.78 is 26.3. The van der Waals surface area contributed by atoms with Crippen LogP contribution in [0.1, 0.15) is 0 Å². The van der Waals surface area contributed by atoms with Crippen LogP contribution in [0.15, 0.2) is 16.9 Å². The molecule has 0 bridgehead atoms. The van der Waals surface area contributed by atoms with Gasteiger partial charge in [-0.25, -0.2) is 8.78 Å². The van der Waals surface area contributed by atoms with E-state index in [1.54, 1.807) is 0 Å². The molecule has 2 aromatic rings. The van der Waals surface area contributed by atoms with Gasteiger partial charge in [0.25, 0.3) is 5.56 Å². The number of hydrogen-bond donors (Lipinski definition) is 2. The lowest BCUT2D eigenvalue weighted by Gasteiger charge is -2.02. The predicted molar refractivity (Wildman–Crippen MR) is 53.5 cm³/mol. The van der Waals surface area contributed by atoms with Gasteiger partial charge in [0.15, 0.2) is 16.4 Å². The molecule has 1 heterocycles. The number of nitrogen functional groups attached to an aromatic ring is 1. The Bertz CT molecular complexity index is 661. The zero-order chi connectivity index (χ0) is 11.2. The number of halogens is 2. The van der Waals surface area contributed by atoms with Gasteiger partial charge >= 0.3 is 0 Å². The molecule has 4 nitrogen and oxygen atoms in total. The first-order valence-electron chi connectivity index (χ1n) is 3.90. The van der Waals surface area contributed by atoms with Gasteiger partial charge in [-0.15, -0.1) is 0 Å². The van der Waals surface area contributed by atoms with E-state index in [2.05, 4.69) is 4.98 Å². The van der Waals surface area contributed by atoms with Crippen LogP contribution in [0.3, 0.4) is 0 Å². The molecule has 0 aliphatic heterocycles. The molecule has 0 amide bonds. The molecule has 2 rings (SSSR count). The SMILES string of the molecule is Nn1c(=S)[nH]c2cc(F)c(F)cc2c1=O. The Morgan fingerprint density at radius 1 is 1.33 bits per heavy atom. The summed E-state index contributed by atoms with van der Waals surface area (Å²) in [6.45, 7) is 0. The van der Waals surface area contributed by atoms with Crippen molar-refractivity contribution in [2.45, 2.75) is 0 Å². The highest BCUT2D eigenvalue weighted by Crippen LogP contribution is 2.12. The average Bonchev–Trinajstić information content (AvgIpc) is 2.19. The summed E-state index contributed by atoms with van der Waals surface area (Å²) in [6.07, 6.45) is 0. The van der Waals surface area contributed by atoms with Crippen molar-refractivity contribution in [3.63, 3.8) is 0 Å². The highest BCUT2D eigenvalue weighted by atomic mass is 32.1. The molecule has 7 heteroatoms. The van der Waals surface area contributed by atoms with Crippen LogP contribution in [-0.4, -0.2) is 9.66 Å². The van der Waals surface area contributed by atoms with Crippen LogP contribution in [0.5, 0.6) is 0 Å². The molecule has 3 N–H and O–H groups in total. The van der Waals surface area contributed by atoms with E-state index in [0.717, 1.165) is 12.1 Å². The minimum Gasteiger partial charge on any atom is -0.334 e. The minimum atomic E-state index is -1.11. The Labute approximate surface area is 86.9 Å². The van der Waals surface area contributed by atoms with Crippen LogP contribution >= 0.6 is 12.2 Å². The quantitative estimate of drug-likeness (QED) is 0.524. The van der Waals surface area contributed by atoms with Crippen LogP contribution in [-0.2, 0) is 0 Å². The molecule has 1 aromatic heterocycles. The van der Waals surface area contributed by atoms with E-state index in [9.17, 15) is 13.6 Å². The Morgan fingerprint density at radius 3 is 2.60 bits per heavy atom. The van der Waals surface area contributed by atoms with Gasteiger partial charge in [-0.05, 0) is 18.3 Å². The van der Waals surface area contributed by atoms with Gasteiger partial charge in [-0.1, -0.05) is 0 Å². The highest BCUT2D eigenvalue weighted by Gasteiger charge is 2.08. The zero-order valence-corrected chi connectivity index (χ0v) is 8.07. The van der Waals surface area contributed by atoms with Crippen LogP contribution in [0.25, 0.3) is 10.9 Å². The molecule has 0 fully saturated rings. The van der Waals surface area contributed by atoms with E-state index < -0.39 is 17.2 Å². The summed E-state index contributed by atoms with van der Waals surface area (Å²) in [7, 11) is 0. The van der Waals surface area contributed by atoms with E-state index in [1.807, 2.05) is 0 Å². The fraction of sp³-hybridized carbons (Fsp3) is 0. The van der Waals surface area contributed by atoms with E-state index in [4.69, 9.17) is 18.1 Å². The van der Waals surface area contributed by atoms with Crippen molar-refractivity contribution in [3.8, 4) is 0 Å². The Kier molecular flexibility index (Phi) is 2.04. The van der Waals surface area contributed by atoms with Crippen LogP contribution < -0.4 is 11.4 Å². The number of H-pyrrole nitrogens is 1. The van der Waals surface area contributed by atoms with Gasteiger partial charge in [0.2, 0.25) is 0 Å². The molecule has 0 saturated carbocycles. The Hall–Kier alpha value is -1.76. The second-order valence-corrected chi connectivity index (χ2v) is 3.30. The number of benzene rings is 1. The maximum atomic E-state index is 12.9. The molecular formula is C8H5F2N3OS. The second kappa shape index (κ2) is 3.13. The summed E-state index contributed by atoms with van der Waals surface area (Å²) in [6, 6.07) is 1.64. The monoisotopic (exact) mass is 229 g/mol. The van der Waals surface area contributed by atoms with Crippen LogP contribution in [0.2, 0.25) is 0 Å². The summed E-state index contributed by atoms with van der Waals surface area (Å²) in [5.74, 6) is 3.13. The summed E-state index contributed by atoms with van der Waals surface area (Å²) >= 11 is 4.71. The number of nitrogens with two attached hydrogens (primary N) is 1. The normalized spacial score (nSPS) is 10.8. The van der Waals surface area contributed by atoms with Gasteiger partial charge < -0.3 is 10.8 Å². The van der Waals surface area contributed by atoms with Crippen molar-refractivity contribution in [1.82, 2.24) is 9.66 Å². The molecule has 15 heavy (non-hydrogen) atoms. The fourth-order valence-corrected chi connectivity index (χ4v) is 1.42. The summed E-state index contributed by atoms with van der Waals surface area (Å²) in [4.78, 5) is 14.0. The van der Waals surface area contributed by atoms with Crippen LogP contribution in [0, 0.1) is 16.4 Å². The van der Waals surface area contributed by atoms with Gasteiger partial charge in [-0.2, -0.15) is 4.68 Å². The number of fused-ring (bicyclic) bond motifs is 1. The van der Waals surface area contributed by atoms with Crippen LogP contribution in [0.4, 0.5) is 8.78 Å². The Morgan fingerprint density at radius 2 is 1.93 bits per heavy atom. The summed E-state index contributed by atoms with van der Waals surface area (Å²) in [5.41, 5.74) is -0.557. The molecule has 0 spiro atoms. The molecule has 0 aliphatic rings. The number of hydrogen-bond acceptors (Lipinski definition) is 3. The molecule has 78 valence electrons. The Balaban J connectivity index is 3.07. The van der Waals surface area contributed by atoms with E-state index in [-0.39, 0.29) is 15.7 Å². The third-order valence-electron chi connectivity index (χ3n) is 1.97. The number of rotatable bonds is 0. The fourth-order valence-electron chi connectivity index (χ4n) is 1.22. The van der Waals surface area contributed by atoms with Crippen molar-refractivity contribution < 1.29 is 8.78 Å². The van der Waals surface area contributed by atoms with Crippen molar-refractivity contribution in [2.75, 3.05) is 5.84 Å². The van der Waals surface area contributed by atoms with Crippen molar-refractivity contribution in [1.29, 1.82) is 0 Å². The first kappa shape index (κ1) is 9.78. The maximum absolute atomic E-state index is 12.9. The predicted octanol–water partition coefficient (Wildman–Crippen LogP) is 1.05. The van der Waals surface area contributed by atoms with E-state index in [1.165, 1.54) is 0 Å². The standard InChI is InChI=1S/C8H5F2N3OS/c9-4-1-3-6(2-5(4)10)12-8(15)13(11)7(3)14/h1-2H,11H2,(H,12,15). The smallest absolute Gasteiger partial charge is 0.280 e. The maximum Gasteiger partial charge on any atom is 0.280 e. The number of aromatic amines is 1. The van der Waals surface area contributed by atoms with Gasteiger partial charge in [0.05, 0.1) is 10.9 Å². The summed E-state index contributed by atoms with van der Waals surface area (Å²) in [5, 5.41) is -0.0509. The topological polar surface area (TPSA) is 63.8 Å². The van der Waals surface area contributed by atoms with Crippen molar-refractivity contribution in [2.24, 2.45) is 0 Å². The van der Waals surface area contributed by atoms with Crippen molar-refractivity contribution in [3.05, 3.63) is 38.9 Å². The van der Waals surface area contributed by atoms with Crippen molar-refractivity contribution >= 4 is 23.1 Å². The van der Waals surface area contributed by atoms with Gasteiger partial charge in [-0.3, -0.25) is 4.79 Å². The lowest BCUT2D eigenvalue weighted by Crippen LogP contribution is -2.28. The first-order chi connectivity index (χ1) is 7.00. The average molecular weight is 229 g/mol. The lowest BCUT2D eigenvalue weighted by atomic mass is 10.2. The molecule has 0 aliphatic carbocycles. The molecule has 1 aromatic carbocycles. The largest absolute Gasteiger partial charge is 0.334 e. The molecule has 0 unspecified atom stereocenters. The molecule has 0 atom stereocenters. The van der Waals surface area contributed by atoms with E-state index >= 15 is 0 Å². The number of nitrogens with zero attached hydrogens (tertiary/aromatic N) is 1. The lowest BCUT2D eigenvalue weighted by molar-refractivity contribution is 0.510. The molecule has 0 radical (unpaired) electrons. The third kappa shape index (κ3) is 1.40. The van der Waals surface area contributed by atoms with Gasteiger partial charge in [0.1, 0.15) is 0 Å². The minimum absolute atomic E-state index is 0.0509. The molecule has 0 saturated heterocycles. The first-order valence-corrected chi connectivity index (χ1v) is 4.30. The highest BCUT2D eigenvalue weighted by molar-refractivity contribution is 7.71. The second-order valence-electron chi connectivity index (χ2n) is 2.92. The van der Waals surface area contributed by atoms with Gasteiger partial charge in [0, 0.05) is 6.07 Å². The van der Waals surface area contributed by atoms with E-state index in [0.29, 0.717) is 4.68 Å². The number of nitrogens with one attached hydrogen (secondary N) is 1.